The number of hydrogen-bond acceptors (Lipinski definition) is 4. The van der Waals surface area contributed by atoms with Crippen LogP contribution >= 0.6 is 0 Å². The van der Waals surface area contributed by atoms with Gasteiger partial charge in [-0.3, -0.25) is 0 Å². The van der Waals surface area contributed by atoms with Gasteiger partial charge in [-0.05, 0) is 56.0 Å². The highest BCUT2D eigenvalue weighted by Crippen LogP contribution is 2.26. The van der Waals surface area contributed by atoms with Crippen molar-refractivity contribution in [3.8, 4) is 11.5 Å². The van der Waals surface area contributed by atoms with Gasteiger partial charge in [-0.25, -0.2) is 9.78 Å². The average molecular weight is 379 g/mol. The van der Waals surface area contributed by atoms with E-state index < -0.39 is 0 Å². The first-order chi connectivity index (χ1) is 13.7. The van der Waals surface area contributed by atoms with Crippen molar-refractivity contribution in [1.29, 1.82) is 0 Å². The second-order valence-electron chi connectivity index (χ2n) is 7.20. The molecule has 6 nitrogen and oxygen atoms in total. The molecule has 3 aromatic rings. The number of amides is 2. The van der Waals surface area contributed by atoms with Gasteiger partial charge >= 0.3 is 6.03 Å². The third-order valence-corrected chi connectivity index (χ3v) is 5.05. The van der Waals surface area contributed by atoms with E-state index in [0.717, 1.165) is 43.4 Å². The van der Waals surface area contributed by atoms with Crippen LogP contribution in [0.15, 0.2) is 52.9 Å². The number of fused-ring (bicyclic) bond motifs is 1. The molecule has 1 saturated heterocycles. The molecule has 146 valence electrons. The molecule has 2 heterocycles. The normalized spacial score (nSPS) is 16.4. The lowest BCUT2D eigenvalue weighted by Crippen LogP contribution is -2.32. The molecule has 2 amide bonds. The summed E-state index contributed by atoms with van der Waals surface area (Å²) in [7, 11) is 1.81. The van der Waals surface area contributed by atoms with Gasteiger partial charge in [-0.1, -0.05) is 18.2 Å². The zero-order valence-corrected chi connectivity index (χ0v) is 16.1. The lowest BCUT2D eigenvalue weighted by atomic mass is 10.1. The molecule has 1 fully saturated rings. The fourth-order valence-corrected chi connectivity index (χ4v) is 3.46. The Morgan fingerprint density at radius 2 is 2.11 bits per heavy atom. The first-order valence-corrected chi connectivity index (χ1v) is 9.79. The second-order valence-corrected chi connectivity index (χ2v) is 7.20. The summed E-state index contributed by atoms with van der Waals surface area (Å²) in [5.41, 5.74) is 3.05. The van der Waals surface area contributed by atoms with Crippen molar-refractivity contribution in [2.75, 3.05) is 25.5 Å². The van der Waals surface area contributed by atoms with Gasteiger partial charge in [0.1, 0.15) is 5.52 Å². The van der Waals surface area contributed by atoms with Crippen LogP contribution in [0.1, 0.15) is 25.7 Å². The maximum atomic E-state index is 12.4. The highest BCUT2D eigenvalue weighted by atomic mass is 16.5. The number of rotatable bonds is 6. The summed E-state index contributed by atoms with van der Waals surface area (Å²) in [6.45, 7) is 1.58. The number of carbonyl (C=O) groups excluding carboxylic acids is 1. The number of ether oxygens (including phenoxy) is 1. The second kappa shape index (κ2) is 8.44. The zero-order valence-electron chi connectivity index (χ0n) is 16.1. The van der Waals surface area contributed by atoms with Crippen molar-refractivity contribution in [2.45, 2.75) is 31.8 Å². The highest BCUT2D eigenvalue weighted by molar-refractivity contribution is 5.91. The molecule has 0 spiro atoms. The highest BCUT2D eigenvalue weighted by Gasteiger charge is 2.16. The fourth-order valence-electron chi connectivity index (χ4n) is 3.46. The van der Waals surface area contributed by atoms with Gasteiger partial charge in [0.2, 0.25) is 5.89 Å². The van der Waals surface area contributed by atoms with E-state index in [-0.39, 0.29) is 6.03 Å². The lowest BCUT2D eigenvalue weighted by Gasteiger charge is -2.19. The summed E-state index contributed by atoms with van der Waals surface area (Å²) >= 11 is 0. The SMILES string of the molecule is CN(CCC[C@H]1CCCO1)C(=O)Nc1ccc2oc(-c3ccccc3)nc2c1. The van der Waals surface area contributed by atoms with Crippen LogP contribution in [0.5, 0.6) is 0 Å². The summed E-state index contributed by atoms with van der Waals surface area (Å²) in [5.74, 6) is 0.574. The number of urea groups is 1. The van der Waals surface area contributed by atoms with Gasteiger partial charge in [-0.15, -0.1) is 0 Å². The van der Waals surface area contributed by atoms with E-state index in [9.17, 15) is 4.79 Å². The molecule has 4 rings (SSSR count). The van der Waals surface area contributed by atoms with E-state index in [1.807, 2.05) is 55.6 Å². The molecule has 0 aliphatic carbocycles. The Labute approximate surface area is 164 Å². The molecule has 0 saturated carbocycles. The van der Waals surface area contributed by atoms with E-state index in [1.54, 1.807) is 4.90 Å². The molecule has 0 radical (unpaired) electrons. The Hall–Kier alpha value is -2.86. The predicted molar refractivity (Wildman–Crippen MR) is 109 cm³/mol. The van der Waals surface area contributed by atoms with Crippen LogP contribution in [0, 0.1) is 0 Å². The average Bonchev–Trinajstić information content (AvgIpc) is 3.38. The summed E-state index contributed by atoms with van der Waals surface area (Å²) in [6, 6.07) is 15.1. The van der Waals surface area contributed by atoms with Gasteiger partial charge in [-0.2, -0.15) is 0 Å². The maximum Gasteiger partial charge on any atom is 0.321 e. The van der Waals surface area contributed by atoms with Crippen LogP contribution in [0.3, 0.4) is 0 Å². The van der Waals surface area contributed by atoms with Crippen molar-refractivity contribution < 1.29 is 13.9 Å². The Kier molecular flexibility index (Phi) is 5.58. The molecule has 1 N–H and O–H groups in total. The minimum atomic E-state index is -0.126. The number of carbonyl (C=O) groups is 1. The number of nitrogens with zero attached hydrogens (tertiary/aromatic N) is 2. The quantitative estimate of drug-likeness (QED) is 0.660. The van der Waals surface area contributed by atoms with E-state index in [0.29, 0.717) is 29.8 Å². The first kappa shape index (κ1) is 18.5. The van der Waals surface area contributed by atoms with Crippen LogP contribution in [-0.4, -0.2) is 42.2 Å². The lowest BCUT2D eigenvalue weighted by molar-refractivity contribution is 0.101. The number of anilines is 1. The van der Waals surface area contributed by atoms with Crippen molar-refractivity contribution in [3.05, 3.63) is 48.5 Å². The molecule has 1 aliphatic heterocycles. The molecule has 1 atom stereocenters. The molecule has 0 unspecified atom stereocenters. The number of benzene rings is 2. The number of hydrogen-bond donors (Lipinski definition) is 1. The Bertz CT molecular complexity index is 933. The minimum absolute atomic E-state index is 0.126. The topological polar surface area (TPSA) is 67.6 Å². The van der Waals surface area contributed by atoms with Crippen LogP contribution in [0.4, 0.5) is 10.5 Å². The van der Waals surface area contributed by atoms with Crippen molar-refractivity contribution in [3.63, 3.8) is 0 Å². The van der Waals surface area contributed by atoms with Crippen LogP contribution in [-0.2, 0) is 4.74 Å². The summed E-state index contributed by atoms with van der Waals surface area (Å²) in [6.07, 6.45) is 4.60. The predicted octanol–water partition coefficient (Wildman–Crippen LogP) is 4.92. The summed E-state index contributed by atoms with van der Waals surface area (Å²) < 4.78 is 11.4. The first-order valence-electron chi connectivity index (χ1n) is 9.79. The molecule has 1 aromatic heterocycles. The molecule has 2 aromatic carbocycles. The molecule has 28 heavy (non-hydrogen) atoms. The number of oxazole rings is 1. The van der Waals surface area contributed by atoms with Gasteiger partial charge in [0, 0.05) is 31.5 Å². The Balaban J connectivity index is 1.36. The van der Waals surface area contributed by atoms with E-state index in [4.69, 9.17) is 9.15 Å². The Morgan fingerprint density at radius 1 is 1.25 bits per heavy atom. The van der Waals surface area contributed by atoms with Gasteiger partial charge in [0.05, 0.1) is 6.10 Å². The van der Waals surface area contributed by atoms with Gasteiger partial charge in [0.15, 0.2) is 5.58 Å². The number of aromatic nitrogens is 1. The Morgan fingerprint density at radius 3 is 2.89 bits per heavy atom. The summed E-state index contributed by atoms with van der Waals surface area (Å²) in [5, 5.41) is 2.94. The van der Waals surface area contributed by atoms with Gasteiger partial charge in [0.25, 0.3) is 0 Å². The summed E-state index contributed by atoms with van der Waals surface area (Å²) in [4.78, 5) is 18.7. The van der Waals surface area contributed by atoms with E-state index in [1.165, 1.54) is 0 Å². The van der Waals surface area contributed by atoms with Crippen molar-refractivity contribution in [2.24, 2.45) is 0 Å². The standard InChI is InChI=1S/C22H25N3O3/c1-25(13-5-9-18-10-6-14-27-18)22(26)23-17-11-12-20-19(15-17)24-21(28-20)16-7-3-2-4-8-16/h2-4,7-8,11-12,15,18H,5-6,9-10,13-14H2,1H3,(H,23,26)/t18-/m0/s1. The van der Waals surface area contributed by atoms with E-state index in [2.05, 4.69) is 10.3 Å². The van der Waals surface area contributed by atoms with Crippen molar-refractivity contribution in [1.82, 2.24) is 9.88 Å². The van der Waals surface area contributed by atoms with E-state index >= 15 is 0 Å². The van der Waals surface area contributed by atoms with Crippen LogP contribution in [0.2, 0.25) is 0 Å². The molecule has 0 bridgehead atoms. The number of nitrogens with one attached hydrogen (secondary N) is 1. The van der Waals surface area contributed by atoms with Crippen LogP contribution < -0.4 is 5.32 Å². The smallest absolute Gasteiger partial charge is 0.321 e. The van der Waals surface area contributed by atoms with Crippen molar-refractivity contribution >= 4 is 22.8 Å². The molecule has 6 heteroatoms. The molecular weight excluding hydrogens is 354 g/mol. The molecular formula is C22H25N3O3. The fraction of sp³-hybridized carbons (Fsp3) is 0.364. The third-order valence-electron chi connectivity index (χ3n) is 5.05. The maximum absolute atomic E-state index is 12.4. The third kappa shape index (κ3) is 4.34. The molecule has 1 aliphatic rings. The van der Waals surface area contributed by atoms with Crippen LogP contribution in [0.25, 0.3) is 22.6 Å². The van der Waals surface area contributed by atoms with Gasteiger partial charge < -0.3 is 19.4 Å². The minimum Gasteiger partial charge on any atom is -0.436 e. The zero-order chi connectivity index (χ0) is 19.3. The monoisotopic (exact) mass is 379 g/mol. The largest absolute Gasteiger partial charge is 0.436 e.